The molecule has 0 atom stereocenters. The molecule has 4 nitrogen and oxygen atoms in total. The van der Waals surface area contributed by atoms with Crippen molar-refractivity contribution in [2.24, 2.45) is 0 Å². The normalized spacial score (nSPS) is 10.4. The Morgan fingerprint density at radius 3 is 2.64 bits per heavy atom. The van der Waals surface area contributed by atoms with E-state index in [1.54, 1.807) is 25.1 Å². The van der Waals surface area contributed by atoms with E-state index in [0.717, 1.165) is 0 Å². The first kappa shape index (κ1) is 8.62. The molecule has 0 fully saturated rings. The van der Waals surface area contributed by atoms with Crippen molar-refractivity contribution in [3.05, 3.63) is 30.0 Å². The number of oxazole rings is 1. The lowest BCUT2D eigenvalue weighted by Crippen LogP contribution is -1.84. The van der Waals surface area contributed by atoms with Gasteiger partial charge < -0.3 is 15.3 Å². The molecule has 1 aromatic heterocycles. The molecule has 0 aliphatic heterocycles. The summed E-state index contributed by atoms with van der Waals surface area (Å²) in [5.41, 5.74) is 6.62. The van der Waals surface area contributed by atoms with Crippen LogP contribution in [-0.2, 0) is 0 Å². The third kappa shape index (κ3) is 1.31. The Hall–Kier alpha value is -1.97. The number of benzene rings is 1. The summed E-state index contributed by atoms with van der Waals surface area (Å²) in [5.74, 6) is 0.771. The fourth-order valence-electron chi connectivity index (χ4n) is 1.34. The first-order chi connectivity index (χ1) is 6.68. The first-order valence-corrected chi connectivity index (χ1v) is 4.20. The van der Waals surface area contributed by atoms with Crippen LogP contribution in [0.3, 0.4) is 0 Å². The number of hydrogen-bond donors (Lipinski definition) is 2. The zero-order chi connectivity index (χ0) is 10.1. The van der Waals surface area contributed by atoms with E-state index in [0.29, 0.717) is 17.0 Å². The number of rotatable bonds is 1. The van der Waals surface area contributed by atoms with Crippen molar-refractivity contribution >= 4 is 6.01 Å². The second-order valence-electron chi connectivity index (χ2n) is 2.97. The quantitative estimate of drug-likeness (QED) is 0.720. The Morgan fingerprint density at radius 2 is 2.07 bits per heavy atom. The van der Waals surface area contributed by atoms with Crippen molar-refractivity contribution in [1.29, 1.82) is 0 Å². The molecule has 0 amide bonds. The van der Waals surface area contributed by atoms with E-state index in [1.807, 2.05) is 6.07 Å². The van der Waals surface area contributed by atoms with Gasteiger partial charge in [-0.3, -0.25) is 0 Å². The maximum absolute atomic E-state index is 9.58. The molecule has 4 heteroatoms. The molecule has 0 aliphatic carbocycles. The zero-order valence-electron chi connectivity index (χ0n) is 7.69. The van der Waals surface area contributed by atoms with E-state index >= 15 is 0 Å². The van der Waals surface area contributed by atoms with Gasteiger partial charge in [0, 0.05) is 5.56 Å². The van der Waals surface area contributed by atoms with Crippen LogP contribution < -0.4 is 5.73 Å². The third-order valence-corrected chi connectivity index (χ3v) is 1.97. The number of hydrogen-bond acceptors (Lipinski definition) is 4. The molecule has 0 spiro atoms. The molecule has 14 heavy (non-hydrogen) atoms. The molecule has 3 N–H and O–H groups in total. The first-order valence-electron chi connectivity index (χ1n) is 4.20. The molecule has 0 saturated carbocycles. The predicted molar refractivity (Wildman–Crippen MR) is 52.8 cm³/mol. The SMILES string of the molecule is Cc1oc(N)nc1-c1ccccc1O. The monoisotopic (exact) mass is 190 g/mol. The highest BCUT2D eigenvalue weighted by molar-refractivity contribution is 5.68. The topological polar surface area (TPSA) is 72.3 Å². The second kappa shape index (κ2) is 3.06. The fraction of sp³-hybridized carbons (Fsp3) is 0.100. The van der Waals surface area contributed by atoms with Gasteiger partial charge in [0.2, 0.25) is 0 Å². The molecule has 0 unspecified atom stereocenters. The Balaban J connectivity index is 2.60. The molecule has 1 aromatic carbocycles. The van der Waals surface area contributed by atoms with Gasteiger partial charge in [0.15, 0.2) is 0 Å². The lowest BCUT2D eigenvalue weighted by Gasteiger charge is -1.99. The summed E-state index contributed by atoms with van der Waals surface area (Å²) >= 11 is 0. The minimum absolute atomic E-state index is 0.112. The van der Waals surface area contributed by atoms with Gasteiger partial charge in [0.25, 0.3) is 6.01 Å². The van der Waals surface area contributed by atoms with Crippen LogP contribution in [0.4, 0.5) is 6.01 Å². The number of nitrogens with two attached hydrogens (primary N) is 1. The summed E-state index contributed by atoms with van der Waals surface area (Å²) in [7, 11) is 0. The molecular formula is C10H10N2O2. The molecule has 1 heterocycles. The highest BCUT2D eigenvalue weighted by Crippen LogP contribution is 2.30. The van der Waals surface area contributed by atoms with Gasteiger partial charge in [0.1, 0.15) is 17.2 Å². The van der Waals surface area contributed by atoms with E-state index in [-0.39, 0.29) is 11.8 Å². The average molecular weight is 190 g/mol. The van der Waals surface area contributed by atoms with Gasteiger partial charge in [-0.1, -0.05) is 12.1 Å². The number of anilines is 1. The van der Waals surface area contributed by atoms with Gasteiger partial charge in [-0.05, 0) is 19.1 Å². The predicted octanol–water partition coefficient (Wildman–Crippen LogP) is 1.94. The van der Waals surface area contributed by atoms with Crippen molar-refractivity contribution in [2.75, 3.05) is 5.73 Å². The summed E-state index contributed by atoms with van der Waals surface area (Å²) in [6.45, 7) is 1.76. The van der Waals surface area contributed by atoms with Crippen molar-refractivity contribution in [3.63, 3.8) is 0 Å². The highest BCUT2D eigenvalue weighted by Gasteiger charge is 2.12. The Bertz CT molecular complexity index is 463. The van der Waals surface area contributed by atoms with Crippen LogP contribution in [-0.4, -0.2) is 10.1 Å². The van der Waals surface area contributed by atoms with E-state index in [4.69, 9.17) is 10.2 Å². The number of aryl methyl sites for hydroxylation is 1. The molecule has 0 saturated heterocycles. The molecule has 2 rings (SSSR count). The van der Waals surface area contributed by atoms with Crippen LogP contribution in [0.1, 0.15) is 5.76 Å². The number of phenols is 1. The van der Waals surface area contributed by atoms with Gasteiger partial charge in [0.05, 0.1) is 0 Å². The number of aromatic hydroxyl groups is 1. The average Bonchev–Trinajstić information content (AvgIpc) is 2.46. The maximum atomic E-state index is 9.58. The summed E-state index contributed by atoms with van der Waals surface area (Å²) in [6, 6.07) is 7.04. The van der Waals surface area contributed by atoms with Crippen LogP contribution in [0, 0.1) is 6.92 Å². The minimum atomic E-state index is 0.112. The lowest BCUT2D eigenvalue weighted by atomic mass is 10.1. The zero-order valence-corrected chi connectivity index (χ0v) is 7.69. The Labute approximate surface area is 81.0 Å². The molecule has 72 valence electrons. The maximum Gasteiger partial charge on any atom is 0.292 e. The van der Waals surface area contributed by atoms with Crippen molar-refractivity contribution in [1.82, 2.24) is 4.98 Å². The Kier molecular flexibility index (Phi) is 1.89. The molecule has 0 bridgehead atoms. The van der Waals surface area contributed by atoms with Crippen molar-refractivity contribution < 1.29 is 9.52 Å². The Morgan fingerprint density at radius 1 is 1.36 bits per heavy atom. The number of nitrogen functional groups attached to an aromatic ring is 1. The van der Waals surface area contributed by atoms with E-state index in [1.165, 1.54) is 0 Å². The molecule has 0 radical (unpaired) electrons. The van der Waals surface area contributed by atoms with Crippen LogP contribution >= 0.6 is 0 Å². The summed E-state index contributed by atoms with van der Waals surface area (Å²) in [5, 5.41) is 9.58. The summed E-state index contributed by atoms with van der Waals surface area (Å²) < 4.78 is 5.08. The largest absolute Gasteiger partial charge is 0.507 e. The summed E-state index contributed by atoms with van der Waals surface area (Å²) in [4.78, 5) is 3.99. The van der Waals surface area contributed by atoms with Crippen molar-refractivity contribution in [2.45, 2.75) is 6.92 Å². The van der Waals surface area contributed by atoms with Crippen LogP contribution in [0.2, 0.25) is 0 Å². The van der Waals surface area contributed by atoms with Gasteiger partial charge >= 0.3 is 0 Å². The third-order valence-electron chi connectivity index (χ3n) is 1.97. The van der Waals surface area contributed by atoms with Gasteiger partial charge in [-0.25, -0.2) is 0 Å². The van der Waals surface area contributed by atoms with Gasteiger partial charge in [-0.15, -0.1) is 0 Å². The molecule has 2 aromatic rings. The van der Waals surface area contributed by atoms with Crippen LogP contribution in [0.15, 0.2) is 28.7 Å². The number of aromatic nitrogens is 1. The second-order valence-corrected chi connectivity index (χ2v) is 2.97. The fourth-order valence-corrected chi connectivity index (χ4v) is 1.34. The standard InChI is InChI=1S/C10H10N2O2/c1-6-9(12-10(11)14-6)7-4-2-3-5-8(7)13/h2-5,13H,1H3,(H2,11,12). The highest BCUT2D eigenvalue weighted by atomic mass is 16.4. The number of nitrogens with zero attached hydrogens (tertiary/aromatic N) is 1. The molecular weight excluding hydrogens is 180 g/mol. The number of para-hydroxylation sites is 1. The van der Waals surface area contributed by atoms with E-state index < -0.39 is 0 Å². The van der Waals surface area contributed by atoms with Crippen LogP contribution in [0.25, 0.3) is 11.3 Å². The smallest absolute Gasteiger partial charge is 0.292 e. The van der Waals surface area contributed by atoms with Gasteiger partial charge in [-0.2, -0.15) is 4.98 Å². The molecule has 0 aliphatic rings. The van der Waals surface area contributed by atoms with Crippen LogP contribution in [0.5, 0.6) is 5.75 Å². The lowest BCUT2D eigenvalue weighted by molar-refractivity contribution is 0.477. The summed E-state index contributed by atoms with van der Waals surface area (Å²) in [6.07, 6.45) is 0. The number of phenolic OH excluding ortho intramolecular Hbond substituents is 1. The van der Waals surface area contributed by atoms with E-state index in [9.17, 15) is 5.11 Å². The van der Waals surface area contributed by atoms with Crippen molar-refractivity contribution in [3.8, 4) is 17.0 Å². The minimum Gasteiger partial charge on any atom is -0.507 e. The van der Waals surface area contributed by atoms with E-state index in [2.05, 4.69) is 4.98 Å².